The number of nitrogens with zero attached hydrogens (tertiary/aromatic N) is 2. The second-order valence-corrected chi connectivity index (χ2v) is 9.34. The molecule has 2 aliphatic rings. The molecule has 3 rings (SSSR count). The van der Waals surface area contributed by atoms with Gasteiger partial charge in [0.25, 0.3) is 0 Å². The molecule has 1 saturated heterocycles. The molecule has 1 aliphatic heterocycles. The highest BCUT2D eigenvalue weighted by molar-refractivity contribution is 7.12. The predicted molar refractivity (Wildman–Crippen MR) is 150 cm³/mol. The number of hydrogen-bond acceptors (Lipinski definition) is 5. The minimum Gasteiger partial charge on any atom is -0.356 e. The normalized spacial score (nSPS) is 16.1. The van der Waals surface area contributed by atoms with Crippen LogP contribution >= 0.6 is 11.3 Å². The maximum atomic E-state index is 11.0. The van der Waals surface area contributed by atoms with Crippen molar-refractivity contribution in [3.8, 4) is 0 Å². The molecule has 0 bridgehead atoms. The van der Waals surface area contributed by atoms with Crippen LogP contribution in [0.3, 0.4) is 0 Å². The quantitative estimate of drug-likeness (QED) is 0.199. The van der Waals surface area contributed by atoms with Crippen LogP contribution in [-0.4, -0.2) is 42.7 Å². The summed E-state index contributed by atoms with van der Waals surface area (Å²) in [5.74, 6) is 0.873. The Hall–Kier alpha value is -2.75. The van der Waals surface area contributed by atoms with E-state index in [1.807, 2.05) is 32.3 Å². The summed E-state index contributed by atoms with van der Waals surface area (Å²) in [6.45, 7) is 11.8. The van der Waals surface area contributed by atoms with Crippen LogP contribution in [0.4, 0.5) is 13.2 Å². The molecule has 1 aromatic rings. The van der Waals surface area contributed by atoms with Gasteiger partial charge in [-0.1, -0.05) is 45.8 Å². The van der Waals surface area contributed by atoms with E-state index >= 15 is 0 Å². The lowest BCUT2D eigenvalue weighted by atomic mass is 9.90. The van der Waals surface area contributed by atoms with E-state index in [0.29, 0.717) is 12.8 Å². The monoisotopic (exact) mass is 541 g/mol. The van der Waals surface area contributed by atoms with Crippen molar-refractivity contribution in [1.82, 2.24) is 15.6 Å². The zero-order valence-electron chi connectivity index (χ0n) is 22.7. The molecular weight excluding hydrogens is 499 g/mol. The van der Waals surface area contributed by atoms with Crippen molar-refractivity contribution in [2.75, 3.05) is 13.6 Å². The Morgan fingerprint density at radius 3 is 2.32 bits per heavy atom. The van der Waals surface area contributed by atoms with Crippen LogP contribution in [0.25, 0.3) is 5.57 Å². The van der Waals surface area contributed by atoms with Crippen molar-refractivity contribution in [2.24, 2.45) is 4.99 Å². The fourth-order valence-corrected chi connectivity index (χ4v) is 4.26. The SMILES string of the molecule is C=C(/C=C(C)\C=C\NC=NC)c1cnc(C2CCCCC2)s1.CC.CC(=N)C(F)(F)F.O=C1CCCN1. The van der Waals surface area contributed by atoms with Crippen LogP contribution in [-0.2, 0) is 4.79 Å². The van der Waals surface area contributed by atoms with Crippen LogP contribution in [0.5, 0.6) is 0 Å². The summed E-state index contributed by atoms with van der Waals surface area (Å²) in [7, 11) is 1.74. The van der Waals surface area contributed by atoms with E-state index in [1.165, 1.54) is 42.0 Å². The highest BCUT2D eigenvalue weighted by Crippen LogP contribution is 2.36. The molecule has 0 radical (unpaired) electrons. The van der Waals surface area contributed by atoms with Crippen molar-refractivity contribution >= 4 is 34.9 Å². The molecule has 0 aromatic carbocycles. The minimum atomic E-state index is -4.42. The molecular formula is C27H42F3N5OS. The van der Waals surface area contributed by atoms with Gasteiger partial charge in [0.1, 0.15) is 5.71 Å². The zero-order chi connectivity index (χ0) is 28.3. The van der Waals surface area contributed by atoms with Crippen LogP contribution < -0.4 is 10.6 Å². The first-order valence-corrected chi connectivity index (χ1v) is 13.4. The van der Waals surface area contributed by atoms with Gasteiger partial charge in [-0.05, 0) is 50.3 Å². The number of thiazole rings is 1. The number of aliphatic imine (C=N–C) groups is 1. The predicted octanol–water partition coefficient (Wildman–Crippen LogP) is 7.42. The molecule has 208 valence electrons. The van der Waals surface area contributed by atoms with Crippen LogP contribution in [0.15, 0.2) is 41.7 Å². The van der Waals surface area contributed by atoms with Crippen molar-refractivity contribution < 1.29 is 18.0 Å². The van der Waals surface area contributed by atoms with Gasteiger partial charge in [-0.2, -0.15) is 13.2 Å². The molecule has 6 nitrogen and oxygen atoms in total. The molecule has 0 atom stereocenters. The van der Waals surface area contributed by atoms with Gasteiger partial charge in [-0.25, -0.2) is 4.98 Å². The van der Waals surface area contributed by atoms with Gasteiger partial charge in [0.2, 0.25) is 5.91 Å². The third-order valence-electron chi connectivity index (χ3n) is 5.17. The van der Waals surface area contributed by atoms with Gasteiger partial charge < -0.3 is 16.0 Å². The first-order chi connectivity index (χ1) is 17.5. The Bertz CT molecular complexity index is 905. The Morgan fingerprint density at radius 2 is 1.86 bits per heavy atom. The van der Waals surface area contributed by atoms with E-state index in [2.05, 4.69) is 40.2 Å². The number of carbonyl (C=O) groups is 1. The molecule has 0 spiro atoms. The topological polar surface area (TPSA) is 90.2 Å². The average Bonchev–Trinajstić information content (AvgIpc) is 3.56. The lowest BCUT2D eigenvalue weighted by molar-refractivity contribution is -0.119. The maximum Gasteiger partial charge on any atom is 0.428 e. The van der Waals surface area contributed by atoms with Crippen molar-refractivity contribution in [3.05, 3.63) is 46.6 Å². The Labute approximate surface area is 223 Å². The third kappa shape index (κ3) is 15.9. The number of hydrogen-bond donors (Lipinski definition) is 3. The lowest BCUT2D eigenvalue weighted by Gasteiger charge is -2.18. The lowest BCUT2D eigenvalue weighted by Crippen LogP contribution is -2.17. The van der Waals surface area contributed by atoms with Crippen LogP contribution in [0.1, 0.15) is 88.4 Å². The van der Waals surface area contributed by atoms with Gasteiger partial charge in [0.05, 0.1) is 16.2 Å². The van der Waals surface area contributed by atoms with E-state index in [4.69, 9.17) is 5.41 Å². The summed E-state index contributed by atoms with van der Waals surface area (Å²) in [5.41, 5.74) is 0.924. The van der Waals surface area contributed by atoms with Crippen molar-refractivity contribution in [2.45, 2.75) is 84.7 Å². The summed E-state index contributed by atoms with van der Waals surface area (Å²) in [5, 5.41) is 13.0. The number of rotatable bonds is 6. The molecule has 2 fully saturated rings. The molecule has 1 saturated carbocycles. The highest BCUT2D eigenvalue weighted by atomic mass is 32.1. The van der Waals surface area contributed by atoms with E-state index < -0.39 is 11.9 Å². The van der Waals surface area contributed by atoms with Crippen LogP contribution in [0.2, 0.25) is 0 Å². The highest BCUT2D eigenvalue weighted by Gasteiger charge is 2.29. The Kier molecular flexibility index (Phi) is 17.9. The van der Waals surface area contributed by atoms with E-state index in [-0.39, 0.29) is 5.91 Å². The first-order valence-electron chi connectivity index (χ1n) is 12.6. The summed E-state index contributed by atoms with van der Waals surface area (Å²) < 4.78 is 32.9. The fraction of sp³-hybridized carbons (Fsp3) is 0.556. The molecule has 37 heavy (non-hydrogen) atoms. The fourth-order valence-electron chi connectivity index (χ4n) is 3.23. The smallest absolute Gasteiger partial charge is 0.356 e. The number of aromatic nitrogens is 1. The van der Waals surface area contributed by atoms with E-state index in [1.54, 1.807) is 24.7 Å². The number of amides is 1. The second-order valence-electron chi connectivity index (χ2n) is 8.27. The van der Waals surface area contributed by atoms with Crippen molar-refractivity contribution in [3.63, 3.8) is 0 Å². The van der Waals surface area contributed by atoms with Gasteiger partial charge >= 0.3 is 6.18 Å². The summed E-state index contributed by atoms with van der Waals surface area (Å²) >= 11 is 1.81. The Morgan fingerprint density at radius 1 is 1.24 bits per heavy atom. The van der Waals surface area contributed by atoms with Crippen LogP contribution in [0, 0.1) is 5.41 Å². The standard InChI is InChI=1S/C18H25N3S.C4H7NO.C3H4F3N.C2H6/c1-14(9-10-20-13-19-3)11-15(2)17-12-21-18(22-17)16-7-5-4-6-8-16;6-4-2-1-3-5-4;1-2(7)3(4,5)6;1-2/h9-13,16H,2,4-8H2,1,3H3,(H,19,20);1-3H2,(H,5,6);7H,1H3;1-2H3/b10-9+,14-11-;;;. The number of nitrogens with one attached hydrogen (secondary N) is 3. The number of carbonyl (C=O) groups excluding carboxylic acids is 1. The van der Waals surface area contributed by atoms with Gasteiger partial charge in [0.15, 0.2) is 0 Å². The van der Waals surface area contributed by atoms with E-state index in [0.717, 1.165) is 30.5 Å². The first kappa shape index (κ1) is 34.2. The molecule has 3 N–H and O–H groups in total. The zero-order valence-corrected chi connectivity index (χ0v) is 23.5. The summed E-state index contributed by atoms with van der Waals surface area (Å²) in [4.78, 5) is 19.8. The molecule has 2 heterocycles. The van der Waals surface area contributed by atoms with E-state index in [9.17, 15) is 18.0 Å². The number of allylic oxidation sites excluding steroid dienone is 4. The van der Waals surface area contributed by atoms with Crippen molar-refractivity contribution in [1.29, 1.82) is 5.41 Å². The molecule has 0 unspecified atom stereocenters. The van der Waals surface area contributed by atoms with Gasteiger partial charge in [-0.15, -0.1) is 11.3 Å². The summed E-state index contributed by atoms with van der Waals surface area (Å²) in [6, 6.07) is 0. The third-order valence-corrected chi connectivity index (χ3v) is 6.41. The largest absolute Gasteiger partial charge is 0.428 e. The maximum absolute atomic E-state index is 11.0. The average molecular weight is 542 g/mol. The number of halogens is 3. The number of alkyl halides is 3. The molecule has 1 aliphatic carbocycles. The molecule has 1 amide bonds. The molecule has 1 aromatic heterocycles. The summed E-state index contributed by atoms with van der Waals surface area (Å²) in [6.07, 6.45) is 13.6. The van der Waals surface area contributed by atoms with Gasteiger partial charge in [-0.3, -0.25) is 9.79 Å². The molecule has 10 heteroatoms. The van der Waals surface area contributed by atoms with Gasteiger partial charge in [0, 0.05) is 38.3 Å². The Balaban J connectivity index is 0.000000704. The second kappa shape index (κ2) is 19.4. The minimum absolute atomic E-state index is 0.204.